The fraction of sp³-hybridized carbons (Fsp3) is 0.462. The molecule has 0 heterocycles. The van der Waals surface area contributed by atoms with Gasteiger partial charge in [0.25, 0.3) is 0 Å². The summed E-state index contributed by atoms with van der Waals surface area (Å²) in [6.45, 7) is 0.610. The van der Waals surface area contributed by atoms with E-state index in [-0.39, 0.29) is 11.9 Å². The molecule has 0 aromatic heterocycles. The first-order valence-electron chi connectivity index (χ1n) is 5.96. The predicted molar refractivity (Wildman–Crippen MR) is 70.9 cm³/mol. The Morgan fingerprint density at radius 2 is 2.12 bits per heavy atom. The van der Waals surface area contributed by atoms with Gasteiger partial charge in [0, 0.05) is 17.5 Å². The highest BCUT2D eigenvalue weighted by Crippen LogP contribution is 2.31. The molecule has 1 aliphatic carbocycles. The molecule has 92 valence electrons. The van der Waals surface area contributed by atoms with E-state index >= 15 is 0 Å². The van der Waals surface area contributed by atoms with Crippen LogP contribution in [-0.4, -0.2) is 24.2 Å². The fourth-order valence-electron chi connectivity index (χ4n) is 1.64. The van der Waals surface area contributed by atoms with Crippen LogP contribution in [0.15, 0.2) is 35.2 Å². The lowest BCUT2D eigenvalue weighted by molar-refractivity contribution is -0.118. The Hall–Kier alpha value is -1.00. The fourth-order valence-corrected chi connectivity index (χ4v) is 2.39. The molecule has 0 bridgehead atoms. The zero-order valence-electron chi connectivity index (χ0n) is 9.76. The van der Waals surface area contributed by atoms with Crippen molar-refractivity contribution in [1.29, 1.82) is 0 Å². The van der Waals surface area contributed by atoms with Crippen LogP contribution >= 0.6 is 11.8 Å². The first-order valence-corrected chi connectivity index (χ1v) is 6.94. The summed E-state index contributed by atoms with van der Waals surface area (Å²) in [5.74, 6) is 1.16. The van der Waals surface area contributed by atoms with Gasteiger partial charge in [-0.3, -0.25) is 4.79 Å². The molecule has 1 aromatic rings. The summed E-state index contributed by atoms with van der Waals surface area (Å²) in [6.07, 6.45) is 2.44. The second-order valence-corrected chi connectivity index (χ2v) is 5.46. The van der Waals surface area contributed by atoms with Gasteiger partial charge in [0.1, 0.15) is 0 Å². The third kappa shape index (κ3) is 4.40. The van der Waals surface area contributed by atoms with Gasteiger partial charge in [0.2, 0.25) is 5.91 Å². The van der Waals surface area contributed by atoms with Gasteiger partial charge >= 0.3 is 0 Å². The number of nitrogens with one attached hydrogen (secondary N) is 1. The van der Waals surface area contributed by atoms with Gasteiger partial charge in [0.05, 0.1) is 5.75 Å². The minimum atomic E-state index is 0.0648. The van der Waals surface area contributed by atoms with Crippen molar-refractivity contribution in [2.75, 3.05) is 12.3 Å². The second kappa shape index (κ2) is 6.07. The highest BCUT2D eigenvalue weighted by atomic mass is 32.2. The van der Waals surface area contributed by atoms with Crippen LogP contribution in [0.1, 0.15) is 12.8 Å². The van der Waals surface area contributed by atoms with Crippen molar-refractivity contribution in [3.05, 3.63) is 30.3 Å². The van der Waals surface area contributed by atoms with E-state index in [2.05, 4.69) is 5.32 Å². The standard InChI is InChI=1S/C13H18N2OS/c14-12(10-6-7-10)8-15-13(16)9-17-11-4-2-1-3-5-11/h1-5,10,12H,6-9,14H2,(H,15,16). The average molecular weight is 250 g/mol. The number of hydrogen-bond donors (Lipinski definition) is 2. The number of benzene rings is 1. The zero-order valence-corrected chi connectivity index (χ0v) is 10.6. The van der Waals surface area contributed by atoms with Crippen LogP contribution in [0.5, 0.6) is 0 Å². The number of rotatable bonds is 6. The molecular weight excluding hydrogens is 232 g/mol. The summed E-state index contributed by atoms with van der Waals surface area (Å²) in [5.41, 5.74) is 5.91. The molecule has 3 N–H and O–H groups in total. The maximum absolute atomic E-state index is 11.6. The Morgan fingerprint density at radius 1 is 1.41 bits per heavy atom. The summed E-state index contributed by atoms with van der Waals surface area (Å²) in [4.78, 5) is 12.7. The number of thioether (sulfide) groups is 1. The Bertz CT molecular complexity index is 365. The number of carbonyl (C=O) groups is 1. The SMILES string of the molecule is NC(CNC(=O)CSc1ccccc1)C1CC1. The maximum Gasteiger partial charge on any atom is 0.230 e. The number of carbonyl (C=O) groups excluding carboxylic acids is 1. The van der Waals surface area contributed by atoms with Gasteiger partial charge in [-0.05, 0) is 30.9 Å². The minimum Gasteiger partial charge on any atom is -0.354 e. The highest BCUT2D eigenvalue weighted by Gasteiger charge is 2.28. The third-order valence-corrected chi connectivity index (χ3v) is 3.89. The Labute approximate surface area is 106 Å². The number of nitrogens with two attached hydrogens (primary N) is 1. The summed E-state index contributed by atoms with van der Waals surface area (Å²) in [5, 5.41) is 2.89. The van der Waals surface area contributed by atoms with Gasteiger partial charge in [-0.1, -0.05) is 18.2 Å². The van der Waals surface area contributed by atoms with Crippen molar-refractivity contribution in [3.63, 3.8) is 0 Å². The van der Waals surface area contributed by atoms with E-state index < -0.39 is 0 Å². The van der Waals surface area contributed by atoms with Crippen molar-refractivity contribution in [2.24, 2.45) is 11.7 Å². The van der Waals surface area contributed by atoms with Crippen LogP contribution in [0, 0.1) is 5.92 Å². The van der Waals surface area contributed by atoms with Crippen molar-refractivity contribution >= 4 is 17.7 Å². The molecule has 1 atom stereocenters. The molecule has 1 amide bonds. The lowest BCUT2D eigenvalue weighted by Gasteiger charge is -2.11. The molecule has 17 heavy (non-hydrogen) atoms. The predicted octanol–water partition coefficient (Wildman–Crippen LogP) is 1.63. The van der Waals surface area contributed by atoms with Crippen molar-refractivity contribution in [2.45, 2.75) is 23.8 Å². The van der Waals surface area contributed by atoms with E-state index in [0.717, 1.165) is 4.90 Å². The Balaban J connectivity index is 1.63. The molecule has 4 heteroatoms. The molecule has 0 aliphatic heterocycles. The van der Waals surface area contributed by atoms with Crippen molar-refractivity contribution in [1.82, 2.24) is 5.32 Å². The normalized spacial score (nSPS) is 16.5. The van der Waals surface area contributed by atoms with Crippen LogP contribution in [0.2, 0.25) is 0 Å². The van der Waals surface area contributed by atoms with Gasteiger partial charge in [-0.25, -0.2) is 0 Å². The van der Waals surface area contributed by atoms with Crippen LogP contribution in [0.4, 0.5) is 0 Å². The topological polar surface area (TPSA) is 55.1 Å². The largest absolute Gasteiger partial charge is 0.354 e. The molecule has 1 unspecified atom stereocenters. The summed E-state index contributed by atoms with van der Waals surface area (Å²) >= 11 is 1.55. The quantitative estimate of drug-likeness (QED) is 0.755. The molecule has 3 nitrogen and oxygen atoms in total. The summed E-state index contributed by atoms with van der Waals surface area (Å²) in [6, 6.07) is 10.1. The van der Waals surface area contributed by atoms with E-state index in [4.69, 9.17) is 5.73 Å². The molecule has 0 radical (unpaired) electrons. The second-order valence-electron chi connectivity index (χ2n) is 4.41. The van der Waals surface area contributed by atoms with Gasteiger partial charge in [-0.2, -0.15) is 0 Å². The van der Waals surface area contributed by atoms with Gasteiger partial charge in [0.15, 0.2) is 0 Å². The van der Waals surface area contributed by atoms with Crippen LogP contribution in [-0.2, 0) is 4.79 Å². The Morgan fingerprint density at radius 3 is 2.76 bits per heavy atom. The average Bonchev–Trinajstić information content (AvgIpc) is 3.19. The molecule has 1 aliphatic rings. The van der Waals surface area contributed by atoms with Crippen LogP contribution < -0.4 is 11.1 Å². The highest BCUT2D eigenvalue weighted by molar-refractivity contribution is 8.00. The van der Waals surface area contributed by atoms with E-state index in [1.54, 1.807) is 11.8 Å². The van der Waals surface area contributed by atoms with E-state index in [1.165, 1.54) is 12.8 Å². The molecule has 1 aromatic carbocycles. The first-order chi connectivity index (χ1) is 8.25. The molecular formula is C13H18N2OS. The first kappa shape index (κ1) is 12.5. The summed E-state index contributed by atoms with van der Waals surface area (Å²) < 4.78 is 0. The van der Waals surface area contributed by atoms with E-state index in [0.29, 0.717) is 18.2 Å². The number of hydrogen-bond acceptors (Lipinski definition) is 3. The zero-order chi connectivity index (χ0) is 12.1. The van der Waals surface area contributed by atoms with Gasteiger partial charge < -0.3 is 11.1 Å². The van der Waals surface area contributed by atoms with Crippen molar-refractivity contribution < 1.29 is 4.79 Å². The minimum absolute atomic E-state index is 0.0648. The van der Waals surface area contributed by atoms with Crippen LogP contribution in [0.25, 0.3) is 0 Å². The summed E-state index contributed by atoms with van der Waals surface area (Å²) in [7, 11) is 0. The molecule has 1 saturated carbocycles. The molecule has 1 fully saturated rings. The van der Waals surface area contributed by atoms with Gasteiger partial charge in [-0.15, -0.1) is 11.8 Å². The molecule has 2 rings (SSSR count). The third-order valence-electron chi connectivity index (χ3n) is 2.88. The Kier molecular flexibility index (Phi) is 4.45. The monoisotopic (exact) mass is 250 g/mol. The smallest absolute Gasteiger partial charge is 0.230 e. The van der Waals surface area contributed by atoms with Crippen LogP contribution in [0.3, 0.4) is 0 Å². The lowest BCUT2D eigenvalue weighted by Crippen LogP contribution is -2.39. The molecule has 0 saturated heterocycles. The van der Waals surface area contributed by atoms with E-state index in [1.807, 2.05) is 30.3 Å². The maximum atomic E-state index is 11.6. The van der Waals surface area contributed by atoms with Crippen molar-refractivity contribution in [3.8, 4) is 0 Å². The lowest BCUT2D eigenvalue weighted by atomic mass is 10.2. The number of amides is 1. The molecule has 0 spiro atoms. The van der Waals surface area contributed by atoms with E-state index in [9.17, 15) is 4.79 Å².